The summed E-state index contributed by atoms with van der Waals surface area (Å²) in [5.74, 6) is -0.0989. The van der Waals surface area contributed by atoms with E-state index in [2.05, 4.69) is 5.32 Å². The van der Waals surface area contributed by atoms with Crippen LogP contribution in [-0.2, 0) is 9.59 Å². The van der Waals surface area contributed by atoms with Gasteiger partial charge in [0.25, 0.3) is 0 Å². The normalized spacial score (nSPS) is 18.5. The fourth-order valence-electron chi connectivity index (χ4n) is 2.91. The number of rotatable bonds is 3. The second kappa shape index (κ2) is 5.95. The molecule has 1 fully saturated rings. The van der Waals surface area contributed by atoms with Crippen LogP contribution in [0.15, 0.2) is 42.5 Å². The molecular formula is C17H18N2O2. The number of likely N-dealkylation sites (tertiary alicyclic amines) is 1. The third-order valence-electron chi connectivity index (χ3n) is 4.03. The van der Waals surface area contributed by atoms with Crippen molar-refractivity contribution in [3.05, 3.63) is 42.5 Å². The summed E-state index contributed by atoms with van der Waals surface area (Å²) in [5, 5.41) is 5.08. The maximum atomic E-state index is 12.5. The average molecular weight is 282 g/mol. The van der Waals surface area contributed by atoms with Gasteiger partial charge in [0.2, 0.25) is 12.3 Å². The zero-order chi connectivity index (χ0) is 14.7. The van der Waals surface area contributed by atoms with Gasteiger partial charge >= 0.3 is 0 Å². The predicted octanol–water partition coefficient (Wildman–Crippen LogP) is 2.79. The van der Waals surface area contributed by atoms with Crippen molar-refractivity contribution in [2.24, 2.45) is 0 Å². The topological polar surface area (TPSA) is 49.4 Å². The summed E-state index contributed by atoms with van der Waals surface area (Å²) >= 11 is 0. The molecule has 1 saturated heterocycles. The minimum atomic E-state index is -0.352. The van der Waals surface area contributed by atoms with Gasteiger partial charge < -0.3 is 10.2 Å². The number of hydrogen-bond donors (Lipinski definition) is 1. The van der Waals surface area contributed by atoms with E-state index < -0.39 is 0 Å². The minimum absolute atomic E-state index is 0.0989. The fraction of sp³-hybridized carbons (Fsp3) is 0.294. The van der Waals surface area contributed by atoms with Crippen molar-refractivity contribution in [3.8, 4) is 0 Å². The number of fused-ring (bicyclic) bond motifs is 1. The van der Waals surface area contributed by atoms with E-state index in [9.17, 15) is 9.59 Å². The number of nitrogens with one attached hydrogen (secondary N) is 1. The Morgan fingerprint density at radius 3 is 2.81 bits per heavy atom. The van der Waals surface area contributed by atoms with E-state index in [1.54, 1.807) is 4.90 Å². The standard InChI is InChI=1S/C17H18N2O2/c20-12-19-11-4-3-10-16(19)17(21)18-15-9-5-7-13-6-1-2-8-14(13)15/h1-2,5-9,12,16H,3-4,10-11H2,(H,18,21)/t16-/m0/s1. The van der Waals surface area contributed by atoms with E-state index in [1.807, 2.05) is 42.5 Å². The van der Waals surface area contributed by atoms with Crippen LogP contribution in [-0.4, -0.2) is 29.8 Å². The molecule has 1 aliphatic heterocycles. The molecule has 0 radical (unpaired) electrons. The molecule has 1 atom stereocenters. The van der Waals surface area contributed by atoms with Gasteiger partial charge in [-0.05, 0) is 30.7 Å². The van der Waals surface area contributed by atoms with E-state index in [0.717, 1.165) is 42.1 Å². The number of hydrogen-bond acceptors (Lipinski definition) is 2. The number of carbonyl (C=O) groups is 2. The second-order valence-corrected chi connectivity index (χ2v) is 5.37. The Balaban J connectivity index is 1.84. The Bertz CT molecular complexity index is 663. The molecule has 0 aliphatic carbocycles. The molecule has 21 heavy (non-hydrogen) atoms. The average Bonchev–Trinajstić information content (AvgIpc) is 2.55. The first kappa shape index (κ1) is 13.6. The van der Waals surface area contributed by atoms with E-state index in [1.165, 1.54) is 0 Å². The number of carbonyl (C=O) groups excluding carboxylic acids is 2. The molecular weight excluding hydrogens is 264 g/mol. The monoisotopic (exact) mass is 282 g/mol. The van der Waals surface area contributed by atoms with Gasteiger partial charge in [0, 0.05) is 17.6 Å². The molecule has 2 aromatic carbocycles. The summed E-state index contributed by atoms with van der Waals surface area (Å²) < 4.78 is 0. The number of anilines is 1. The minimum Gasteiger partial charge on any atom is -0.333 e. The van der Waals surface area contributed by atoms with Gasteiger partial charge in [0.15, 0.2) is 0 Å². The highest BCUT2D eigenvalue weighted by atomic mass is 16.2. The van der Waals surface area contributed by atoms with Crippen LogP contribution in [0.2, 0.25) is 0 Å². The number of benzene rings is 2. The number of nitrogens with zero attached hydrogens (tertiary/aromatic N) is 1. The summed E-state index contributed by atoms with van der Waals surface area (Å²) in [7, 11) is 0. The molecule has 1 aliphatic rings. The van der Waals surface area contributed by atoms with Crippen LogP contribution < -0.4 is 5.32 Å². The molecule has 2 aromatic rings. The smallest absolute Gasteiger partial charge is 0.247 e. The van der Waals surface area contributed by atoms with E-state index in [0.29, 0.717) is 6.54 Å². The van der Waals surface area contributed by atoms with Crippen LogP contribution in [0.5, 0.6) is 0 Å². The molecule has 0 unspecified atom stereocenters. The number of piperidine rings is 1. The molecule has 0 saturated carbocycles. The molecule has 2 amide bonds. The lowest BCUT2D eigenvalue weighted by Gasteiger charge is -2.31. The van der Waals surface area contributed by atoms with E-state index in [4.69, 9.17) is 0 Å². The molecule has 4 nitrogen and oxygen atoms in total. The zero-order valence-electron chi connectivity index (χ0n) is 11.8. The molecule has 108 valence electrons. The second-order valence-electron chi connectivity index (χ2n) is 5.37. The van der Waals surface area contributed by atoms with Crippen LogP contribution in [0.1, 0.15) is 19.3 Å². The van der Waals surface area contributed by atoms with Crippen molar-refractivity contribution in [1.82, 2.24) is 4.90 Å². The highest BCUT2D eigenvalue weighted by Gasteiger charge is 2.27. The van der Waals surface area contributed by atoms with Crippen LogP contribution in [0.4, 0.5) is 5.69 Å². The highest BCUT2D eigenvalue weighted by molar-refractivity contribution is 6.04. The fourth-order valence-corrected chi connectivity index (χ4v) is 2.91. The van der Waals surface area contributed by atoms with Gasteiger partial charge in [-0.25, -0.2) is 0 Å². The Morgan fingerprint density at radius 2 is 1.95 bits per heavy atom. The maximum absolute atomic E-state index is 12.5. The third kappa shape index (κ3) is 2.75. The predicted molar refractivity (Wildman–Crippen MR) is 83.0 cm³/mol. The Hall–Kier alpha value is -2.36. The van der Waals surface area contributed by atoms with Gasteiger partial charge in [-0.15, -0.1) is 0 Å². The largest absolute Gasteiger partial charge is 0.333 e. The van der Waals surface area contributed by atoms with Crippen molar-refractivity contribution in [3.63, 3.8) is 0 Å². The van der Waals surface area contributed by atoms with Crippen LogP contribution in [0.3, 0.4) is 0 Å². The van der Waals surface area contributed by atoms with Crippen molar-refractivity contribution < 1.29 is 9.59 Å². The lowest BCUT2D eigenvalue weighted by Crippen LogP contribution is -2.46. The lowest BCUT2D eigenvalue weighted by molar-refractivity contribution is -0.131. The SMILES string of the molecule is O=CN1CCCC[C@H]1C(=O)Nc1cccc2ccccc12. The van der Waals surface area contributed by atoms with Gasteiger partial charge in [0.05, 0.1) is 0 Å². The molecule has 0 aromatic heterocycles. The number of amides is 2. The Kier molecular flexibility index (Phi) is 3.86. The first-order valence-corrected chi connectivity index (χ1v) is 7.29. The van der Waals surface area contributed by atoms with Crippen molar-refractivity contribution in [1.29, 1.82) is 0 Å². The first-order chi connectivity index (χ1) is 10.3. The van der Waals surface area contributed by atoms with E-state index >= 15 is 0 Å². The zero-order valence-corrected chi connectivity index (χ0v) is 11.8. The molecule has 1 heterocycles. The molecule has 0 spiro atoms. The van der Waals surface area contributed by atoms with Gasteiger partial charge in [-0.3, -0.25) is 9.59 Å². The molecule has 1 N–H and O–H groups in total. The summed E-state index contributed by atoms with van der Waals surface area (Å²) in [6, 6.07) is 13.4. The van der Waals surface area contributed by atoms with Gasteiger partial charge in [-0.2, -0.15) is 0 Å². The maximum Gasteiger partial charge on any atom is 0.247 e. The van der Waals surface area contributed by atoms with Crippen molar-refractivity contribution in [2.45, 2.75) is 25.3 Å². The van der Waals surface area contributed by atoms with Gasteiger partial charge in [0.1, 0.15) is 6.04 Å². The third-order valence-corrected chi connectivity index (χ3v) is 4.03. The molecule has 3 rings (SSSR count). The molecule has 4 heteroatoms. The van der Waals surface area contributed by atoms with Crippen molar-refractivity contribution >= 4 is 28.8 Å². The summed E-state index contributed by atoms with van der Waals surface area (Å²) in [5.41, 5.74) is 0.800. The Labute approximate surface area is 123 Å². The van der Waals surface area contributed by atoms with Crippen LogP contribution >= 0.6 is 0 Å². The lowest BCUT2D eigenvalue weighted by atomic mass is 10.0. The summed E-state index contributed by atoms with van der Waals surface area (Å²) in [4.78, 5) is 25.2. The summed E-state index contributed by atoms with van der Waals surface area (Å²) in [6.45, 7) is 0.664. The highest BCUT2D eigenvalue weighted by Crippen LogP contribution is 2.24. The first-order valence-electron chi connectivity index (χ1n) is 7.29. The summed E-state index contributed by atoms with van der Waals surface area (Å²) in [6.07, 6.45) is 3.47. The Morgan fingerprint density at radius 1 is 1.14 bits per heavy atom. The van der Waals surface area contributed by atoms with Crippen molar-refractivity contribution in [2.75, 3.05) is 11.9 Å². The molecule has 0 bridgehead atoms. The van der Waals surface area contributed by atoms with Crippen LogP contribution in [0, 0.1) is 0 Å². The van der Waals surface area contributed by atoms with E-state index in [-0.39, 0.29) is 11.9 Å². The van der Waals surface area contributed by atoms with Gasteiger partial charge in [-0.1, -0.05) is 36.4 Å². The van der Waals surface area contributed by atoms with Crippen LogP contribution in [0.25, 0.3) is 10.8 Å². The quantitative estimate of drug-likeness (QED) is 0.880.